The average molecular weight is 280 g/mol. The Bertz CT molecular complexity index is 559. The smallest absolute Gasteiger partial charge is 0.328 e. The summed E-state index contributed by atoms with van der Waals surface area (Å²) in [7, 11) is 5.43. The summed E-state index contributed by atoms with van der Waals surface area (Å²) in [4.78, 5) is 14.3. The van der Waals surface area contributed by atoms with Crippen LogP contribution in [0.1, 0.15) is 0 Å². The summed E-state index contributed by atoms with van der Waals surface area (Å²) in [5.41, 5.74) is 0. The van der Waals surface area contributed by atoms with Crippen LogP contribution in [0.2, 0.25) is 5.02 Å². The third kappa shape index (κ3) is 3.45. The van der Waals surface area contributed by atoms with E-state index in [9.17, 15) is 0 Å². The Balaban J connectivity index is 2.28. The minimum Gasteiger partial charge on any atom is -0.424 e. The van der Waals surface area contributed by atoms with E-state index in [0.29, 0.717) is 22.7 Å². The molecule has 1 aromatic heterocycles. The minimum atomic E-state index is 0.227. The molecule has 0 fully saturated rings. The van der Waals surface area contributed by atoms with Gasteiger partial charge in [0.15, 0.2) is 0 Å². The van der Waals surface area contributed by atoms with Crippen LogP contribution in [0.15, 0.2) is 24.3 Å². The first-order chi connectivity index (χ1) is 9.08. The number of hydrogen-bond acceptors (Lipinski definition) is 6. The molecule has 0 spiro atoms. The number of hydrogen-bond donors (Lipinski definition) is 1. The second-order valence-corrected chi connectivity index (χ2v) is 4.38. The van der Waals surface area contributed by atoms with Crippen LogP contribution in [0.25, 0.3) is 0 Å². The lowest BCUT2D eigenvalue weighted by atomic mass is 10.3. The van der Waals surface area contributed by atoms with E-state index in [2.05, 4.69) is 20.3 Å². The molecular weight excluding hydrogens is 266 g/mol. The molecule has 0 atom stereocenters. The van der Waals surface area contributed by atoms with Gasteiger partial charge in [0.05, 0.1) is 0 Å². The number of rotatable bonds is 4. The Hall–Kier alpha value is -2.08. The van der Waals surface area contributed by atoms with E-state index in [-0.39, 0.29) is 6.01 Å². The second kappa shape index (κ2) is 5.71. The first-order valence-corrected chi connectivity index (χ1v) is 6.01. The van der Waals surface area contributed by atoms with Gasteiger partial charge in [-0.3, -0.25) is 0 Å². The highest BCUT2D eigenvalue weighted by atomic mass is 35.5. The largest absolute Gasteiger partial charge is 0.424 e. The quantitative estimate of drug-likeness (QED) is 0.927. The van der Waals surface area contributed by atoms with Crippen molar-refractivity contribution in [3.63, 3.8) is 0 Å². The summed E-state index contributed by atoms with van der Waals surface area (Å²) in [6.45, 7) is 0. The van der Waals surface area contributed by atoms with E-state index in [4.69, 9.17) is 16.3 Å². The van der Waals surface area contributed by atoms with Gasteiger partial charge < -0.3 is 15.0 Å². The first-order valence-electron chi connectivity index (χ1n) is 5.63. The Morgan fingerprint density at radius 2 is 1.79 bits per heavy atom. The van der Waals surface area contributed by atoms with Gasteiger partial charge in [0.2, 0.25) is 11.9 Å². The van der Waals surface area contributed by atoms with Crippen LogP contribution in [0.4, 0.5) is 11.9 Å². The minimum absolute atomic E-state index is 0.227. The molecule has 0 saturated heterocycles. The lowest BCUT2D eigenvalue weighted by Gasteiger charge is -2.12. The van der Waals surface area contributed by atoms with Crippen LogP contribution in [-0.2, 0) is 0 Å². The molecule has 0 unspecified atom stereocenters. The van der Waals surface area contributed by atoms with Crippen molar-refractivity contribution in [1.29, 1.82) is 0 Å². The van der Waals surface area contributed by atoms with Crippen molar-refractivity contribution >= 4 is 23.5 Å². The summed E-state index contributed by atoms with van der Waals surface area (Å²) in [6, 6.07) is 7.21. The van der Waals surface area contributed by atoms with Gasteiger partial charge in [0.1, 0.15) is 5.75 Å². The number of aromatic nitrogens is 3. The SMILES string of the molecule is CNc1nc(Oc2ccc(Cl)cc2)nc(N(C)C)n1. The van der Waals surface area contributed by atoms with Gasteiger partial charge in [-0.1, -0.05) is 11.6 Å². The summed E-state index contributed by atoms with van der Waals surface area (Å²) >= 11 is 5.82. The van der Waals surface area contributed by atoms with Gasteiger partial charge in [-0.15, -0.1) is 0 Å². The van der Waals surface area contributed by atoms with E-state index >= 15 is 0 Å². The molecule has 0 aliphatic heterocycles. The maximum Gasteiger partial charge on any atom is 0.328 e. The zero-order chi connectivity index (χ0) is 13.8. The van der Waals surface area contributed by atoms with E-state index in [1.807, 2.05) is 14.1 Å². The number of ether oxygens (including phenoxy) is 1. The van der Waals surface area contributed by atoms with Crippen molar-refractivity contribution in [3.05, 3.63) is 29.3 Å². The van der Waals surface area contributed by atoms with Crippen molar-refractivity contribution in [1.82, 2.24) is 15.0 Å². The summed E-state index contributed by atoms with van der Waals surface area (Å²) < 4.78 is 5.58. The van der Waals surface area contributed by atoms with Crippen LogP contribution in [0.5, 0.6) is 11.8 Å². The van der Waals surface area contributed by atoms with Crippen LogP contribution >= 0.6 is 11.6 Å². The molecule has 1 heterocycles. The first kappa shape index (κ1) is 13.4. The standard InChI is InChI=1S/C12H14ClN5O/c1-14-10-15-11(18(2)3)17-12(16-10)19-9-6-4-8(13)5-7-9/h4-7H,1-3H3,(H,14,15,16,17). The number of nitrogens with zero attached hydrogens (tertiary/aromatic N) is 4. The molecule has 100 valence electrons. The fourth-order valence-corrected chi connectivity index (χ4v) is 1.44. The second-order valence-electron chi connectivity index (χ2n) is 3.94. The maximum absolute atomic E-state index is 5.82. The topological polar surface area (TPSA) is 63.2 Å². The van der Waals surface area contributed by atoms with E-state index in [1.165, 1.54) is 0 Å². The Morgan fingerprint density at radius 1 is 1.11 bits per heavy atom. The third-order valence-corrected chi connectivity index (χ3v) is 2.50. The summed E-state index contributed by atoms with van der Waals surface area (Å²) in [5.74, 6) is 1.58. The highest BCUT2D eigenvalue weighted by molar-refractivity contribution is 6.30. The zero-order valence-electron chi connectivity index (χ0n) is 10.9. The molecule has 2 aromatic rings. The number of anilines is 2. The van der Waals surface area contributed by atoms with Crippen molar-refractivity contribution in [2.24, 2.45) is 0 Å². The third-order valence-electron chi connectivity index (χ3n) is 2.25. The Kier molecular flexibility index (Phi) is 4.01. The average Bonchev–Trinajstić information content (AvgIpc) is 2.41. The van der Waals surface area contributed by atoms with Gasteiger partial charge in [-0.2, -0.15) is 15.0 Å². The van der Waals surface area contributed by atoms with Crippen molar-refractivity contribution in [2.45, 2.75) is 0 Å². The number of benzene rings is 1. The monoisotopic (exact) mass is 279 g/mol. The molecule has 0 aliphatic rings. The lowest BCUT2D eigenvalue weighted by molar-refractivity contribution is 0.440. The van der Waals surface area contributed by atoms with Gasteiger partial charge >= 0.3 is 6.01 Å². The van der Waals surface area contributed by atoms with E-state index in [1.54, 1.807) is 36.2 Å². The molecule has 0 saturated carbocycles. The van der Waals surface area contributed by atoms with Gasteiger partial charge in [-0.25, -0.2) is 0 Å². The zero-order valence-corrected chi connectivity index (χ0v) is 11.6. The molecule has 19 heavy (non-hydrogen) atoms. The number of halogens is 1. The molecule has 1 aromatic carbocycles. The summed E-state index contributed by atoms with van der Waals surface area (Å²) in [6.07, 6.45) is 0. The van der Waals surface area contributed by atoms with Gasteiger partial charge in [0, 0.05) is 26.2 Å². The van der Waals surface area contributed by atoms with E-state index in [0.717, 1.165) is 0 Å². The predicted octanol–water partition coefficient (Wildman–Crippen LogP) is 2.42. The maximum atomic E-state index is 5.82. The van der Waals surface area contributed by atoms with Crippen molar-refractivity contribution < 1.29 is 4.74 Å². The van der Waals surface area contributed by atoms with Crippen molar-refractivity contribution in [2.75, 3.05) is 31.4 Å². The molecule has 6 nitrogen and oxygen atoms in total. The van der Waals surface area contributed by atoms with E-state index < -0.39 is 0 Å². The molecule has 0 amide bonds. The molecule has 0 radical (unpaired) electrons. The molecule has 0 aliphatic carbocycles. The van der Waals surface area contributed by atoms with Crippen LogP contribution in [0, 0.1) is 0 Å². The fourth-order valence-electron chi connectivity index (χ4n) is 1.31. The normalized spacial score (nSPS) is 10.1. The molecule has 1 N–H and O–H groups in total. The van der Waals surface area contributed by atoms with Crippen LogP contribution < -0.4 is 15.0 Å². The fraction of sp³-hybridized carbons (Fsp3) is 0.250. The van der Waals surface area contributed by atoms with Crippen LogP contribution in [0.3, 0.4) is 0 Å². The lowest BCUT2D eigenvalue weighted by Crippen LogP contribution is -2.15. The molecule has 7 heteroatoms. The number of nitrogens with one attached hydrogen (secondary N) is 1. The van der Waals surface area contributed by atoms with Crippen molar-refractivity contribution in [3.8, 4) is 11.8 Å². The predicted molar refractivity (Wildman–Crippen MR) is 75.2 cm³/mol. The molecule has 0 bridgehead atoms. The highest BCUT2D eigenvalue weighted by Crippen LogP contribution is 2.22. The van der Waals surface area contributed by atoms with Gasteiger partial charge in [-0.05, 0) is 24.3 Å². The Morgan fingerprint density at radius 3 is 2.37 bits per heavy atom. The Labute approximate surface area is 116 Å². The molecular formula is C12H14ClN5O. The highest BCUT2D eigenvalue weighted by Gasteiger charge is 2.09. The van der Waals surface area contributed by atoms with Crippen LogP contribution in [-0.4, -0.2) is 36.1 Å². The van der Waals surface area contributed by atoms with Gasteiger partial charge in [0.25, 0.3) is 0 Å². The molecule has 2 rings (SSSR count). The summed E-state index contributed by atoms with van der Waals surface area (Å²) in [5, 5.41) is 3.51.